The van der Waals surface area contributed by atoms with Crippen LogP contribution in [-0.2, 0) is 4.79 Å². The zero-order valence-corrected chi connectivity index (χ0v) is 10.3. The molecule has 1 aromatic carbocycles. The second kappa shape index (κ2) is 3.29. The molecule has 0 spiro atoms. The molecule has 1 atom stereocenters. The Morgan fingerprint density at radius 2 is 2.18 bits per heavy atom. The molecule has 0 saturated carbocycles. The van der Waals surface area contributed by atoms with E-state index in [4.69, 9.17) is 0 Å². The first-order valence-electron chi connectivity index (χ1n) is 4.99. The third-order valence-corrected chi connectivity index (χ3v) is 3.58. The lowest BCUT2D eigenvalue weighted by molar-refractivity contribution is -0.118. The van der Waals surface area contributed by atoms with Gasteiger partial charge in [0.15, 0.2) is 5.82 Å². The van der Waals surface area contributed by atoms with E-state index in [1.165, 1.54) is 16.8 Å². The summed E-state index contributed by atoms with van der Waals surface area (Å²) < 4.78 is 29.2. The van der Waals surface area contributed by atoms with Gasteiger partial charge in [-0.05, 0) is 28.9 Å². The number of hydrogen-bond acceptors (Lipinski definition) is 1. The van der Waals surface area contributed by atoms with Crippen LogP contribution in [0, 0.1) is 11.6 Å². The number of anilines is 1. The minimum Gasteiger partial charge on any atom is -0.330 e. The molecule has 1 aliphatic rings. The lowest BCUT2D eigenvalue weighted by atomic mass is 10.1. The average Bonchev–Trinajstić information content (AvgIpc) is 2.60. The van der Waals surface area contributed by atoms with Crippen molar-refractivity contribution >= 4 is 38.4 Å². The van der Waals surface area contributed by atoms with E-state index in [9.17, 15) is 13.6 Å². The van der Waals surface area contributed by atoms with Crippen LogP contribution in [0.4, 0.5) is 14.5 Å². The van der Waals surface area contributed by atoms with Crippen LogP contribution < -0.4 is 5.32 Å². The van der Waals surface area contributed by atoms with Gasteiger partial charge in [0.2, 0.25) is 5.91 Å². The van der Waals surface area contributed by atoms with Gasteiger partial charge in [0, 0.05) is 11.6 Å². The number of benzene rings is 1. The summed E-state index contributed by atoms with van der Waals surface area (Å²) >= 11 is 3.01. The standard InChI is InChI=1S/C11H7BrF2N2O/c1-4-11(17)15-9-8(14)6(12)2-5-7(13)3-16(4)10(5)9/h2-4H,1H3,(H,15,17). The van der Waals surface area contributed by atoms with E-state index >= 15 is 0 Å². The van der Waals surface area contributed by atoms with E-state index in [0.29, 0.717) is 10.9 Å². The molecule has 0 radical (unpaired) electrons. The average molecular weight is 301 g/mol. The van der Waals surface area contributed by atoms with Crippen molar-refractivity contribution in [1.82, 2.24) is 4.57 Å². The maximum absolute atomic E-state index is 13.9. The van der Waals surface area contributed by atoms with Gasteiger partial charge in [0.25, 0.3) is 0 Å². The lowest BCUT2D eigenvalue weighted by Crippen LogP contribution is -2.28. The van der Waals surface area contributed by atoms with Crippen LogP contribution >= 0.6 is 15.9 Å². The van der Waals surface area contributed by atoms with Crippen molar-refractivity contribution in [1.29, 1.82) is 0 Å². The number of hydrogen-bond donors (Lipinski definition) is 1. The number of aromatic nitrogens is 1. The van der Waals surface area contributed by atoms with Gasteiger partial charge in [-0.25, -0.2) is 8.78 Å². The molecule has 6 heteroatoms. The Balaban J connectivity index is 2.51. The maximum atomic E-state index is 13.9. The van der Waals surface area contributed by atoms with Crippen molar-refractivity contribution in [3.63, 3.8) is 0 Å². The predicted molar refractivity (Wildman–Crippen MR) is 62.9 cm³/mol. The summed E-state index contributed by atoms with van der Waals surface area (Å²) in [6.45, 7) is 1.64. The highest BCUT2D eigenvalue weighted by molar-refractivity contribution is 9.10. The van der Waals surface area contributed by atoms with Gasteiger partial charge < -0.3 is 9.88 Å². The van der Waals surface area contributed by atoms with Crippen molar-refractivity contribution in [2.75, 3.05) is 5.32 Å². The van der Waals surface area contributed by atoms with Crippen LogP contribution in [0.3, 0.4) is 0 Å². The van der Waals surface area contributed by atoms with E-state index in [1.54, 1.807) is 6.92 Å². The lowest BCUT2D eigenvalue weighted by Gasteiger charge is -2.23. The molecular formula is C11H7BrF2N2O. The predicted octanol–water partition coefficient (Wildman–Crippen LogP) is 3.20. The molecule has 17 heavy (non-hydrogen) atoms. The topological polar surface area (TPSA) is 34.0 Å². The van der Waals surface area contributed by atoms with Gasteiger partial charge in [-0.3, -0.25) is 4.79 Å². The number of carbonyl (C=O) groups excluding carboxylic acids is 1. The van der Waals surface area contributed by atoms with Crippen LogP contribution in [0.2, 0.25) is 0 Å². The molecule has 0 aliphatic carbocycles. The molecule has 3 rings (SSSR count). The largest absolute Gasteiger partial charge is 0.330 e. The highest BCUT2D eigenvalue weighted by Crippen LogP contribution is 2.38. The number of rotatable bonds is 0. The Morgan fingerprint density at radius 1 is 1.47 bits per heavy atom. The zero-order chi connectivity index (χ0) is 12.3. The first kappa shape index (κ1) is 10.7. The van der Waals surface area contributed by atoms with E-state index in [1.807, 2.05) is 0 Å². The number of nitrogens with zero attached hydrogens (tertiary/aromatic N) is 1. The molecule has 2 heterocycles. The van der Waals surface area contributed by atoms with Gasteiger partial charge >= 0.3 is 0 Å². The fraction of sp³-hybridized carbons (Fsp3) is 0.182. The Hall–Kier alpha value is -1.43. The minimum absolute atomic E-state index is 0.0291. The van der Waals surface area contributed by atoms with Crippen LogP contribution in [-0.4, -0.2) is 10.5 Å². The molecule has 3 nitrogen and oxygen atoms in total. The number of halogens is 3. The van der Waals surface area contributed by atoms with Crippen molar-refractivity contribution in [3.8, 4) is 0 Å². The van der Waals surface area contributed by atoms with Crippen LogP contribution in [0.1, 0.15) is 13.0 Å². The second-order valence-corrected chi connectivity index (χ2v) is 4.85. The van der Waals surface area contributed by atoms with Crippen LogP contribution in [0.25, 0.3) is 10.9 Å². The Morgan fingerprint density at radius 3 is 2.88 bits per heavy atom. The molecule has 88 valence electrons. The normalized spacial score (nSPS) is 18.6. The molecule has 2 aromatic rings. The summed E-state index contributed by atoms with van der Waals surface area (Å²) in [5, 5.41) is 2.76. The van der Waals surface area contributed by atoms with Gasteiger partial charge in [-0.15, -0.1) is 0 Å². The Labute approximate surface area is 104 Å². The molecule has 1 N–H and O–H groups in total. The van der Waals surface area contributed by atoms with Crippen molar-refractivity contribution in [3.05, 3.63) is 28.4 Å². The highest BCUT2D eigenvalue weighted by Gasteiger charge is 2.29. The summed E-state index contributed by atoms with van der Waals surface area (Å²) in [4.78, 5) is 11.6. The van der Waals surface area contributed by atoms with E-state index < -0.39 is 17.7 Å². The molecule has 0 bridgehead atoms. The van der Waals surface area contributed by atoms with Crippen LogP contribution in [0.15, 0.2) is 16.7 Å². The zero-order valence-electron chi connectivity index (χ0n) is 8.72. The summed E-state index contributed by atoms with van der Waals surface area (Å²) in [6.07, 6.45) is 1.23. The first-order valence-corrected chi connectivity index (χ1v) is 5.79. The summed E-state index contributed by atoms with van der Waals surface area (Å²) in [5.41, 5.74) is 0.414. The summed E-state index contributed by atoms with van der Waals surface area (Å²) in [5.74, 6) is -1.41. The van der Waals surface area contributed by atoms with Gasteiger partial charge in [0.05, 0.1) is 9.99 Å². The van der Waals surface area contributed by atoms with E-state index in [0.717, 1.165) is 0 Å². The van der Waals surface area contributed by atoms with Crippen molar-refractivity contribution < 1.29 is 13.6 Å². The molecular weight excluding hydrogens is 294 g/mol. The molecule has 1 unspecified atom stereocenters. The minimum atomic E-state index is -0.586. The van der Waals surface area contributed by atoms with Gasteiger partial charge in [0.1, 0.15) is 17.5 Å². The third kappa shape index (κ3) is 1.27. The fourth-order valence-electron chi connectivity index (χ4n) is 2.10. The third-order valence-electron chi connectivity index (χ3n) is 3.00. The maximum Gasteiger partial charge on any atom is 0.247 e. The first-order chi connectivity index (χ1) is 8.00. The molecule has 0 fully saturated rings. The summed E-state index contributed by atoms with van der Waals surface area (Å²) in [7, 11) is 0. The molecule has 1 amide bonds. The SMILES string of the molecule is CC1C(=O)Nc2c(F)c(Br)cc3c(F)cn1c23. The Kier molecular flexibility index (Phi) is 2.07. The smallest absolute Gasteiger partial charge is 0.247 e. The van der Waals surface area contributed by atoms with Gasteiger partial charge in [-0.1, -0.05) is 0 Å². The number of amides is 1. The van der Waals surface area contributed by atoms with E-state index in [-0.39, 0.29) is 16.1 Å². The molecule has 0 saturated heterocycles. The number of carbonyl (C=O) groups is 1. The highest BCUT2D eigenvalue weighted by atomic mass is 79.9. The van der Waals surface area contributed by atoms with E-state index in [2.05, 4.69) is 21.2 Å². The monoisotopic (exact) mass is 300 g/mol. The van der Waals surface area contributed by atoms with Gasteiger partial charge in [-0.2, -0.15) is 0 Å². The number of nitrogens with one attached hydrogen (secondary N) is 1. The quantitative estimate of drug-likeness (QED) is 0.796. The fourth-order valence-corrected chi connectivity index (χ4v) is 2.52. The van der Waals surface area contributed by atoms with Crippen molar-refractivity contribution in [2.45, 2.75) is 13.0 Å². The second-order valence-electron chi connectivity index (χ2n) is 3.99. The Bertz CT molecular complexity index is 665. The van der Waals surface area contributed by atoms with Crippen LogP contribution in [0.5, 0.6) is 0 Å². The molecule has 1 aromatic heterocycles. The summed E-state index contributed by atoms with van der Waals surface area (Å²) in [6, 6.07) is 0.833. The molecule has 1 aliphatic heterocycles. The van der Waals surface area contributed by atoms with Crippen molar-refractivity contribution in [2.24, 2.45) is 0 Å².